The van der Waals surface area contributed by atoms with Gasteiger partial charge in [-0.2, -0.15) is 11.8 Å². The molecule has 1 saturated heterocycles. The van der Waals surface area contributed by atoms with E-state index in [2.05, 4.69) is 9.72 Å². The number of hydrogen-bond donors (Lipinski definition) is 0. The van der Waals surface area contributed by atoms with Crippen molar-refractivity contribution >= 4 is 44.0 Å². The van der Waals surface area contributed by atoms with Gasteiger partial charge in [0.15, 0.2) is 20.7 Å². The largest absolute Gasteiger partial charge is 0.464 e. The van der Waals surface area contributed by atoms with Gasteiger partial charge in [0.25, 0.3) is 0 Å². The fourth-order valence-corrected chi connectivity index (χ4v) is 5.79. The lowest BCUT2D eigenvalue weighted by Gasteiger charge is -2.34. The van der Waals surface area contributed by atoms with Gasteiger partial charge in [0.05, 0.1) is 7.11 Å². The van der Waals surface area contributed by atoms with Crippen LogP contribution in [0.4, 0.5) is 5.13 Å². The zero-order chi connectivity index (χ0) is 14.8. The minimum Gasteiger partial charge on any atom is -0.464 e. The fourth-order valence-electron chi connectivity index (χ4n) is 1.88. The summed E-state index contributed by atoms with van der Waals surface area (Å²) in [5.74, 6) is 0.977. The first kappa shape index (κ1) is 15.6. The highest BCUT2D eigenvalue weighted by Crippen LogP contribution is 2.30. The minimum absolute atomic E-state index is 0.101. The first-order valence-electron chi connectivity index (χ1n) is 6.09. The summed E-state index contributed by atoms with van der Waals surface area (Å²) in [6.45, 7) is 2.26. The number of anilines is 1. The van der Waals surface area contributed by atoms with E-state index in [0.717, 1.165) is 5.75 Å². The predicted molar refractivity (Wildman–Crippen MR) is 81.4 cm³/mol. The Balaban J connectivity index is 2.29. The molecule has 0 saturated carbocycles. The van der Waals surface area contributed by atoms with Crippen molar-refractivity contribution in [1.29, 1.82) is 0 Å². The van der Waals surface area contributed by atoms with Crippen molar-refractivity contribution in [3.63, 3.8) is 0 Å². The number of carbonyl (C=O) groups excluding carboxylic acids is 1. The van der Waals surface area contributed by atoms with Crippen LogP contribution in [0.15, 0.2) is 5.38 Å². The Hall–Kier alpha value is -0.800. The highest BCUT2D eigenvalue weighted by molar-refractivity contribution is 8.01. The number of carbonyl (C=O) groups is 1. The van der Waals surface area contributed by atoms with Gasteiger partial charge in [-0.3, -0.25) is 0 Å². The predicted octanol–water partition coefficient (Wildman–Crippen LogP) is 1.24. The Morgan fingerprint density at radius 3 is 3.00 bits per heavy atom. The maximum atomic E-state index is 12.2. The number of rotatable bonds is 4. The highest BCUT2D eigenvalue weighted by atomic mass is 32.2. The standard InChI is InChI=1S/C11H16N2O4S3/c1-3-20(15,16)9-7-18-5-4-13(9)11-12-8(6-19-11)10(14)17-2/h6,9H,3-5,7H2,1-2H3. The Morgan fingerprint density at radius 2 is 2.35 bits per heavy atom. The average Bonchev–Trinajstić information content (AvgIpc) is 2.96. The number of nitrogens with zero attached hydrogens (tertiary/aromatic N) is 2. The molecule has 2 heterocycles. The molecule has 9 heteroatoms. The fraction of sp³-hybridized carbons (Fsp3) is 0.636. The number of esters is 1. The Bertz CT molecular complexity index is 584. The van der Waals surface area contributed by atoms with Crippen LogP contribution < -0.4 is 4.90 Å². The molecule has 0 N–H and O–H groups in total. The summed E-state index contributed by atoms with van der Waals surface area (Å²) in [5, 5.41) is 1.59. The molecule has 1 aromatic heterocycles. The van der Waals surface area contributed by atoms with E-state index < -0.39 is 21.2 Å². The van der Waals surface area contributed by atoms with Gasteiger partial charge in [0.2, 0.25) is 0 Å². The van der Waals surface area contributed by atoms with Crippen LogP contribution in [0.5, 0.6) is 0 Å². The third kappa shape index (κ3) is 3.09. The van der Waals surface area contributed by atoms with Gasteiger partial charge in [-0.15, -0.1) is 11.3 Å². The van der Waals surface area contributed by atoms with Crippen molar-refractivity contribution < 1.29 is 17.9 Å². The summed E-state index contributed by atoms with van der Waals surface area (Å²) < 4.78 is 28.9. The van der Waals surface area contributed by atoms with Gasteiger partial charge in [-0.05, 0) is 0 Å². The van der Waals surface area contributed by atoms with Crippen molar-refractivity contribution in [2.45, 2.75) is 12.3 Å². The zero-order valence-electron chi connectivity index (χ0n) is 11.2. The van der Waals surface area contributed by atoms with Crippen molar-refractivity contribution in [2.75, 3.05) is 35.8 Å². The molecule has 1 aromatic rings. The van der Waals surface area contributed by atoms with Gasteiger partial charge in [-0.1, -0.05) is 6.92 Å². The molecular formula is C11H16N2O4S3. The lowest BCUT2D eigenvalue weighted by molar-refractivity contribution is 0.0595. The summed E-state index contributed by atoms with van der Waals surface area (Å²) in [6.07, 6.45) is 0. The van der Waals surface area contributed by atoms with Crippen molar-refractivity contribution in [1.82, 2.24) is 4.98 Å². The number of aromatic nitrogens is 1. The second-order valence-electron chi connectivity index (χ2n) is 4.18. The molecule has 0 amide bonds. The van der Waals surface area contributed by atoms with Crippen molar-refractivity contribution in [3.05, 3.63) is 11.1 Å². The molecule has 112 valence electrons. The summed E-state index contributed by atoms with van der Waals surface area (Å²) in [4.78, 5) is 17.4. The minimum atomic E-state index is -3.18. The lowest BCUT2D eigenvalue weighted by atomic mass is 10.5. The summed E-state index contributed by atoms with van der Waals surface area (Å²) in [6, 6.07) is 0. The monoisotopic (exact) mass is 336 g/mol. The molecule has 1 aliphatic heterocycles. The van der Waals surface area contributed by atoms with Crippen molar-refractivity contribution in [2.24, 2.45) is 0 Å². The maximum Gasteiger partial charge on any atom is 0.357 e. The summed E-state index contributed by atoms with van der Waals surface area (Å²) in [5.41, 5.74) is 0.221. The molecule has 0 aromatic carbocycles. The highest BCUT2D eigenvalue weighted by Gasteiger charge is 2.34. The topological polar surface area (TPSA) is 76.6 Å². The van der Waals surface area contributed by atoms with Gasteiger partial charge in [-0.25, -0.2) is 18.2 Å². The Kier molecular flexibility index (Phi) is 4.92. The normalized spacial score (nSPS) is 19.9. The van der Waals surface area contributed by atoms with E-state index in [1.807, 2.05) is 0 Å². The zero-order valence-corrected chi connectivity index (χ0v) is 13.7. The number of thioether (sulfide) groups is 1. The molecule has 0 aliphatic carbocycles. The SMILES string of the molecule is CCS(=O)(=O)C1CSCCN1c1nc(C(=O)OC)cs1. The van der Waals surface area contributed by atoms with Gasteiger partial charge >= 0.3 is 5.97 Å². The number of thiazole rings is 1. The van der Waals surface area contributed by atoms with E-state index in [9.17, 15) is 13.2 Å². The second-order valence-corrected chi connectivity index (χ2v) is 8.62. The number of ether oxygens (including phenoxy) is 1. The average molecular weight is 336 g/mol. The molecular weight excluding hydrogens is 320 g/mol. The van der Waals surface area contributed by atoms with E-state index in [1.54, 1.807) is 29.0 Å². The van der Waals surface area contributed by atoms with Crippen LogP contribution in [0.2, 0.25) is 0 Å². The lowest BCUT2D eigenvalue weighted by Crippen LogP contribution is -2.48. The third-order valence-corrected chi connectivity index (χ3v) is 7.20. The van der Waals surface area contributed by atoms with Crippen LogP contribution in [-0.4, -0.2) is 55.7 Å². The van der Waals surface area contributed by atoms with Crippen LogP contribution in [0.1, 0.15) is 17.4 Å². The smallest absolute Gasteiger partial charge is 0.357 e. The molecule has 0 bridgehead atoms. The van der Waals surface area contributed by atoms with E-state index in [4.69, 9.17) is 0 Å². The first-order valence-corrected chi connectivity index (χ1v) is 9.84. The Labute approximate surface area is 126 Å². The molecule has 1 aliphatic rings. The molecule has 1 atom stereocenters. The third-order valence-electron chi connectivity index (χ3n) is 3.03. The number of methoxy groups -OCH3 is 1. The van der Waals surface area contributed by atoms with Crippen LogP contribution >= 0.6 is 23.1 Å². The molecule has 6 nitrogen and oxygen atoms in total. The number of hydrogen-bond acceptors (Lipinski definition) is 8. The number of sulfone groups is 1. The van der Waals surface area contributed by atoms with Crippen LogP contribution in [0.25, 0.3) is 0 Å². The van der Waals surface area contributed by atoms with Crippen molar-refractivity contribution in [3.8, 4) is 0 Å². The van der Waals surface area contributed by atoms with E-state index in [1.165, 1.54) is 18.4 Å². The molecule has 2 rings (SSSR count). The van der Waals surface area contributed by atoms with E-state index in [0.29, 0.717) is 17.4 Å². The summed E-state index contributed by atoms with van der Waals surface area (Å²) >= 11 is 2.90. The molecule has 1 fully saturated rings. The molecule has 0 spiro atoms. The van der Waals surface area contributed by atoms with Gasteiger partial charge < -0.3 is 9.64 Å². The first-order chi connectivity index (χ1) is 9.49. The molecule has 20 heavy (non-hydrogen) atoms. The van der Waals surface area contributed by atoms with Crippen LogP contribution in [-0.2, 0) is 14.6 Å². The van der Waals surface area contributed by atoms with Crippen LogP contribution in [0, 0.1) is 0 Å². The van der Waals surface area contributed by atoms with E-state index >= 15 is 0 Å². The quantitative estimate of drug-likeness (QED) is 0.766. The van der Waals surface area contributed by atoms with E-state index in [-0.39, 0.29) is 11.4 Å². The van der Waals surface area contributed by atoms with Gasteiger partial charge in [0.1, 0.15) is 5.37 Å². The molecule has 0 radical (unpaired) electrons. The maximum absolute atomic E-state index is 12.2. The van der Waals surface area contributed by atoms with Crippen LogP contribution in [0.3, 0.4) is 0 Å². The Morgan fingerprint density at radius 1 is 1.60 bits per heavy atom. The second kappa shape index (κ2) is 6.31. The molecule has 1 unspecified atom stereocenters. The summed E-state index contributed by atoms with van der Waals surface area (Å²) in [7, 11) is -1.88. The van der Waals surface area contributed by atoms with Gasteiger partial charge in [0, 0.05) is 29.2 Å².